The highest BCUT2D eigenvalue weighted by molar-refractivity contribution is 5.97. The Morgan fingerprint density at radius 1 is 0.947 bits per heavy atom. The van der Waals surface area contributed by atoms with Crippen LogP contribution in [0.1, 0.15) is 11.1 Å². The van der Waals surface area contributed by atoms with Gasteiger partial charge in [0.05, 0.1) is 0 Å². The van der Waals surface area contributed by atoms with Gasteiger partial charge in [0.1, 0.15) is 5.57 Å². The first kappa shape index (κ1) is 12.7. The summed E-state index contributed by atoms with van der Waals surface area (Å²) in [6.07, 6.45) is 1.57. The average molecular weight is 248 g/mol. The molecule has 0 fully saturated rings. The van der Waals surface area contributed by atoms with Crippen LogP contribution in [-0.2, 0) is 4.79 Å². The van der Waals surface area contributed by atoms with Crippen LogP contribution in [0.2, 0.25) is 0 Å². The van der Waals surface area contributed by atoms with Crippen molar-refractivity contribution in [3.63, 3.8) is 0 Å². The molecule has 0 unspecified atom stereocenters. The number of hydrogen-bond acceptors (Lipinski definition) is 1. The normalized spacial score (nSPS) is 10.4. The summed E-state index contributed by atoms with van der Waals surface area (Å²) < 4.78 is 0. The minimum absolute atomic E-state index is 0.0788. The second-order valence-electron chi connectivity index (χ2n) is 3.89. The monoisotopic (exact) mass is 248 g/mol. The predicted molar refractivity (Wildman–Crippen MR) is 75.4 cm³/mol. The minimum atomic E-state index is -1.02. The molecule has 0 spiro atoms. The molecule has 0 atom stereocenters. The van der Waals surface area contributed by atoms with Crippen LogP contribution in [-0.4, -0.2) is 11.1 Å². The maximum atomic E-state index is 11.2. The first-order valence-electron chi connectivity index (χ1n) is 5.83. The Morgan fingerprint density at radius 3 is 2.11 bits per heavy atom. The van der Waals surface area contributed by atoms with Crippen molar-refractivity contribution in [1.82, 2.24) is 0 Å². The molecule has 0 bridgehead atoms. The SMILES string of the molecule is O=C(O)/C(C#Cc1ccccc1)=C\c1ccccc1. The van der Waals surface area contributed by atoms with Crippen LogP contribution >= 0.6 is 0 Å². The number of benzene rings is 2. The summed E-state index contributed by atoms with van der Waals surface area (Å²) in [5.74, 6) is 4.52. The summed E-state index contributed by atoms with van der Waals surface area (Å²) in [4.78, 5) is 11.2. The maximum Gasteiger partial charge on any atom is 0.344 e. The van der Waals surface area contributed by atoms with E-state index in [-0.39, 0.29) is 5.57 Å². The first-order chi connectivity index (χ1) is 9.25. The van der Waals surface area contributed by atoms with Gasteiger partial charge in [-0.2, -0.15) is 0 Å². The number of carboxylic acids is 1. The Morgan fingerprint density at radius 2 is 1.53 bits per heavy atom. The van der Waals surface area contributed by atoms with E-state index in [1.807, 2.05) is 60.7 Å². The third kappa shape index (κ3) is 3.86. The van der Waals surface area contributed by atoms with E-state index in [0.717, 1.165) is 11.1 Å². The lowest BCUT2D eigenvalue weighted by Gasteiger charge is -1.94. The van der Waals surface area contributed by atoms with Crippen molar-refractivity contribution in [3.05, 3.63) is 77.4 Å². The van der Waals surface area contributed by atoms with E-state index in [0.29, 0.717) is 0 Å². The molecule has 0 heterocycles. The number of carboxylic acid groups (broad SMARTS) is 1. The molecule has 0 saturated heterocycles. The predicted octanol–water partition coefficient (Wildman–Crippen LogP) is 3.21. The van der Waals surface area contributed by atoms with Gasteiger partial charge in [-0.05, 0) is 23.8 Å². The van der Waals surface area contributed by atoms with Gasteiger partial charge in [0.25, 0.3) is 0 Å². The fourth-order valence-electron chi connectivity index (χ4n) is 1.53. The third-order valence-corrected chi connectivity index (χ3v) is 2.46. The molecule has 0 aromatic heterocycles. The molecule has 0 saturated carbocycles. The molecule has 2 heteroatoms. The number of aliphatic carboxylic acids is 1. The molecular formula is C17H12O2. The first-order valence-corrected chi connectivity index (χ1v) is 5.83. The Bertz CT molecular complexity index is 644. The Hall–Kier alpha value is -2.79. The molecule has 2 aromatic rings. The van der Waals surface area contributed by atoms with Gasteiger partial charge in [0, 0.05) is 5.56 Å². The summed E-state index contributed by atoms with van der Waals surface area (Å²) in [5, 5.41) is 9.14. The largest absolute Gasteiger partial charge is 0.477 e. The summed E-state index contributed by atoms with van der Waals surface area (Å²) >= 11 is 0. The summed E-state index contributed by atoms with van der Waals surface area (Å²) in [7, 11) is 0. The van der Waals surface area contributed by atoms with Gasteiger partial charge >= 0.3 is 5.97 Å². The van der Waals surface area contributed by atoms with Crippen LogP contribution in [0.15, 0.2) is 66.2 Å². The van der Waals surface area contributed by atoms with E-state index >= 15 is 0 Å². The van der Waals surface area contributed by atoms with Gasteiger partial charge in [-0.3, -0.25) is 0 Å². The lowest BCUT2D eigenvalue weighted by atomic mass is 10.1. The molecule has 19 heavy (non-hydrogen) atoms. The molecule has 1 N–H and O–H groups in total. The van der Waals surface area contributed by atoms with Crippen molar-refractivity contribution in [2.24, 2.45) is 0 Å². The van der Waals surface area contributed by atoms with Crippen LogP contribution in [0.4, 0.5) is 0 Å². The molecule has 2 nitrogen and oxygen atoms in total. The molecule has 0 aliphatic heterocycles. The summed E-state index contributed by atoms with van der Waals surface area (Å²) in [6, 6.07) is 18.6. The number of rotatable bonds is 2. The Balaban J connectivity index is 2.31. The lowest BCUT2D eigenvalue weighted by molar-refractivity contribution is -0.132. The van der Waals surface area contributed by atoms with Crippen LogP contribution in [0, 0.1) is 11.8 Å². The molecule has 0 radical (unpaired) electrons. The smallest absolute Gasteiger partial charge is 0.344 e. The van der Waals surface area contributed by atoms with Gasteiger partial charge in [-0.15, -0.1) is 0 Å². The van der Waals surface area contributed by atoms with E-state index < -0.39 is 5.97 Å². The summed E-state index contributed by atoms with van der Waals surface area (Å²) in [5.41, 5.74) is 1.69. The quantitative estimate of drug-likeness (QED) is 0.654. The van der Waals surface area contributed by atoms with Crippen LogP contribution in [0.5, 0.6) is 0 Å². The topological polar surface area (TPSA) is 37.3 Å². The van der Waals surface area contributed by atoms with Gasteiger partial charge in [0.2, 0.25) is 0 Å². The van der Waals surface area contributed by atoms with Crippen molar-refractivity contribution in [1.29, 1.82) is 0 Å². The van der Waals surface area contributed by atoms with Crippen LogP contribution in [0.3, 0.4) is 0 Å². The van der Waals surface area contributed by atoms with Crippen LogP contribution in [0.25, 0.3) is 6.08 Å². The number of hydrogen-bond donors (Lipinski definition) is 1. The third-order valence-electron chi connectivity index (χ3n) is 2.46. The Labute approximate surface area is 112 Å². The molecule has 2 aromatic carbocycles. The van der Waals surface area contributed by atoms with Crippen molar-refractivity contribution >= 4 is 12.0 Å². The zero-order chi connectivity index (χ0) is 13.5. The van der Waals surface area contributed by atoms with E-state index in [9.17, 15) is 4.79 Å². The fourth-order valence-corrected chi connectivity index (χ4v) is 1.53. The van der Waals surface area contributed by atoms with E-state index in [4.69, 9.17) is 5.11 Å². The molecule has 92 valence electrons. The standard InChI is InChI=1S/C17H12O2/c18-17(19)16(13-15-9-5-2-6-10-15)12-11-14-7-3-1-4-8-14/h1-10,13H,(H,18,19)/b16-13-. The molecular weight excluding hydrogens is 236 g/mol. The summed E-state index contributed by atoms with van der Waals surface area (Å²) in [6.45, 7) is 0. The second kappa shape index (κ2) is 6.23. The molecule has 0 aliphatic carbocycles. The molecule has 0 amide bonds. The zero-order valence-electron chi connectivity index (χ0n) is 10.2. The highest BCUT2D eigenvalue weighted by atomic mass is 16.4. The zero-order valence-corrected chi connectivity index (χ0v) is 10.2. The molecule has 2 rings (SSSR count). The van der Waals surface area contributed by atoms with E-state index in [1.54, 1.807) is 6.08 Å². The van der Waals surface area contributed by atoms with Crippen molar-refractivity contribution < 1.29 is 9.90 Å². The minimum Gasteiger partial charge on any atom is -0.477 e. The van der Waals surface area contributed by atoms with Gasteiger partial charge < -0.3 is 5.11 Å². The Kier molecular flexibility index (Phi) is 4.15. The van der Waals surface area contributed by atoms with Crippen LogP contribution < -0.4 is 0 Å². The van der Waals surface area contributed by atoms with E-state index in [2.05, 4.69) is 11.8 Å². The lowest BCUT2D eigenvalue weighted by Crippen LogP contribution is -1.97. The number of carbonyl (C=O) groups is 1. The maximum absolute atomic E-state index is 11.2. The second-order valence-corrected chi connectivity index (χ2v) is 3.89. The fraction of sp³-hybridized carbons (Fsp3) is 0. The van der Waals surface area contributed by atoms with Crippen molar-refractivity contribution in [2.75, 3.05) is 0 Å². The van der Waals surface area contributed by atoms with E-state index in [1.165, 1.54) is 0 Å². The van der Waals surface area contributed by atoms with Crippen molar-refractivity contribution in [2.45, 2.75) is 0 Å². The van der Waals surface area contributed by atoms with Gasteiger partial charge in [-0.25, -0.2) is 4.79 Å². The highest BCUT2D eigenvalue weighted by Crippen LogP contribution is 2.06. The highest BCUT2D eigenvalue weighted by Gasteiger charge is 2.03. The van der Waals surface area contributed by atoms with Crippen molar-refractivity contribution in [3.8, 4) is 11.8 Å². The average Bonchev–Trinajstić information content (AvgIpc) is 2.45. The molecule has 0 aliphatic rings. The van der Waals surface area contributed by atoms with Gasteiger partial charge in [0.15, 0.2) is 0 Å². The van der Waals surface area contributed by atoms with Gasteiger partial charge in [-0.1, -0.05) is 60.4 Å².